The molecule has 2 N–H and O–H groups in total. The lowest BCUT2D eigenvalue weighted by molar-refractivity contribution is -0.274. The van der Waals surface area contributed by atoms with Crippen molar-refractivity contribution >= 4 is 32.4 Å². The Morgan fingerprint density at radius 3 is 2.46 bits per heavy atom. The summed E-state index contributed by atoms with van der Waals surface area (Å²) in [5.74, 6) is -0.953. The van der Waals surface area contributed by atoms with Crippen molar-refractivity contribution in [3.63, 3.8) is 0 Å². The second-order valence-corrected chi connectivity index (χ2v) is 7.99. The Morgan fingerprint density at radius 1 is 1.27 bits per heavy atom. The van der Waals surface area contributed by atoms with Gasteiger partial charge in [-0.15, -0.1) is 24.5 Å². The van der Waals surface area contributed by atoms with Crippen molar-refractivity contribution in [2.24, 2.45) is 0 Å². The summed E-state index contributed by atoms with van der Waals surface area (Å²) in [5, 5.41) is 2.94. The van der Waals surface area contributed by atoms with Crippen molar-refractivity contribution in [2.45, 2.75) is 24.6 Å². The summed E-state index contributed by atoms with van der Waals surface area (Å²) in [5.41, 5.74) is 0. The van der Waals surface area contributed by atoms with E-state index >= 15 is 0 Å². The van der Waals surface area contributed by atoms with Crippen LogP contribution in [0.4, 0.5) is 18.3 Å². The number of alkyl halides is 3. The Hall–Kier alpha value is -2.18. The monoisotopic (exact) mass is 409 g/mol. The summed E-state index contributed by atoms with van der Waals surface area (Å²) in [7, 11) is -3.96. The Labute approximate surface area is 151 Å². The molecule has 0 bridgehead atoms. The number of carbonyl (C=O) groups excluding carboxylic acids is 1. The summed E-state index contributed by atoms with van der Waals surface area (Å²) < 4.78 is 66.2. The van der Waals surface area contributed by atoms with Crippen molar-refractivity contribution in [1.82, 2.24) is 9.71 Å². The molecular formula is C14H14F3N3O4S2. The second kappa shape index (κ2) is 8.01. The number of carbonyl (C=O) groups is 1. The highest BCUT2D eigenvalue weighted by Crippen LogP contribution is 2.23. The molecule has 142 valence electrons. The summed E-state index contributed by atoms with van der Waals surface area (Å²) >= 11 is 1.28. The van der Waals surface area contributed by atoms with Gasteiger partial charge in [-0.1, -0.05) is 0 Å². The number of ether oxygens (including phenoxy) is 1. The van der Waals surface area contributed by atoms with Gasteiger partial charge in [0.05, 0.1) is 4.90 Å². The van der Waals surface area contributed by atoms with Crippen molar-refractivity contribution in [3.05, 3.63) is 35.3 Å². The van der Waals surface area contributed by atoms with Gasteiger partial charge in [0.1, 0.15) is 5.75 Å². The Kier molecular flexibility index (Phi) is 6.21. The summed E-state index contributed by atoms with van der Waals surface area (Å²) in [4.78, 5) is 16.3. The van der Waals surface area contributed by atoms with Crippen LogP contribution >= 0.6 is 11.3 Å². The summed E-state index contributed by atoms with van der Waals surface area (Å²) in [6.07, 6.45) is -3.40. The maximum absolute atomic E-state index is 12.1. The molecule has 7 nitrogen and oxygen atoms in total. The van der Waals surface area contributed by atoms with Crippen LogP contribution < -0.4 is 14.8 Å². The van der Waals surface area contributed by atoms with E-state index in [1.54, 1.807) is 6.20 Å². The van der Waals surface area contributed by atoms with E-state index < -0.39 is 28.0 Å². The number of benzene rings is 1. The molecule has 26 heavy (non-hydrogen) atoms. The molecule has 12 heteroatoms. The van der Waals surface area contributed by atoms with Crippen LogP contribution in [0.3, 0.4) is 0 Å². The number of anilines is 1. The highest BCUT2D eigenvalue weighted by molar-refractivity contribution is 7.89. The minimum absolute atomic E-state index is 0.132. The number of halogens is 3. The molecule has 2 aromatic rings. The van der Waals surface area contributed by atoms with E-state index in [4.69, 9.17) is 0 Å². The Morgan fingerprint density at radius 2 is 1.92 bits per heavy atom. The van der Waals surface area contributed by atoms with Gasteiger partial charge < -0.3 is 10.1 Å². The van der Waals surface area contributed by atoms with Gasteiger partial charge in [0, 0.05) is 24.0 Å². The van der Waals surface area contributed by atoms with E-state index in [9.17, 15) is 26.4 Å². The predicted octanol–water partition coefficient (Wildman–Crippen LogP) is 2.66. The van der Waals surface area contributed by atoms with Gasteiger partial charge in [-0.2, -0.15) is 0 Å². The molecule has 0 saturated carbocycles. The number of thiazole rings is 1. The number of hydrogen-bond donors (Lipinski definition) is 2. The summed E-state index contributed by atoms with van der Waals surface area (Å²) in [6, 6.07) is 3.72. The second-order valence-electron chi connectivity index (χ2n) is 4.99. The van der Waals surface area contributed by atoms with Crippen LogP contribution in [0.15, 0.2) is 35.4 Å². The molecule has 0 saturated heterocycles. The number of nitrogens with one attached hydrogen (secondary N) is 2. The van der Waals surface area contributed by atoms with Crippen LogP contribution in [0, 0.1) is 6.92 Å². The smallest absolute Gasteiger partial charge is 0.406 e. The van der Waals surface area contributed by atoms with E-state index in [1.807, 2.05) is 6.92 Å². The molecule has 1 heterocycles. The number of nitrogens with zero attached hydrogens (tertiary/aromatic N) is 1. The van der Waals surface area contributed by atoms with Gasteiger partial charge >= 0.3 is 6.36 Å². The lowest BCUT2D eigenvalue weighted by Gasteiger charge is -2.10. The fourth-order valence-electron chi connectivity index (χ4n) is 1.80. The largest absolute Gasteiger partial charge is 0.573 e. The van der Waals surface area contributed by atoms with E-state index in [1.165, 1.54) is 11.3 Å². The first kappa shape index (κ1) is 20.1. The first-order chi connectivity index (χ1) is 12.0. The molecule has 0 radical (unpaired) electrons. The van der Waals surface area contributed by atoms with Crippen molar-refractivity contribution < 1.29 is 31.1 Å². The maximum atomic E-state index is 12.1. The van der Waals surface area contributed by atoms with Gasteiger partial charge in [-0.05, 0) is 31.2 Å². The zero-order valence-electron chi connectivity index (χ0n) is 13.3. The third-order valence-electron chi connectivity index (χ3n) is 2.88. The van der Waals surface area contributed by atoms with Gasteiger partial charge in [-0.3, -0.25) is 4.79 Å². The van der Waals surface area contributed by atoms with Crippen LogP contribution in [0.5, 0.6) is 5.75 Å². The van der Waals surface area contributed by atoms with Crippen LogP contribution in [-0.4, -0.2) is 32.2 Å². The van der Waals surface area contributed by atoms with Crippen LogP contribution in [0.2, 0.25) is 0 Å². The van der Waals surface area contributed by atoms with Crippen LogP contribution in [0.1, 0.15) is 11.3 Å². The molecule has 1 amide bonds. The number of aryl methyl sites for hydroxylation is 1. The molecule has 1 aromatic carbocycles. The number of aromatic nitrogens is 1. The molecule has 0 aliphatic rings. The average Bonchev–Trinajstić information content (AvgIpc) is 2.91. The molecule has 0 aliphatic carbocycles. The standard InChI is InChI=1S/C14H14F3N3O4S2/c1-9-8-18-13(25-9)20-12(21)6-7-19-26(22,23)11-4-2-10(3-5-11)24-14(15,16)17/h2-5,8,19H,6-7H2,1H3,(H,18,20,21). The minimum Gasteiger partial charge on any atom is -0.406 e. The number of sulfonamides is 1. The third-order valence-corrected chi connectivity index (χ3v) is 5.18. The lowest BCUT2D eigenvalue weighted by atomic mass is 10.3. The van der Waals surface area contributed by atoms with E-state index in [0.29, 0.717) is 5.13 Å². The molecule has 1 aromatic heterocycles. The van der Waals surface area contributed by atoms with Gasteiger partial charge in [0.15, 0.2) is 5.13 Å². The molecular weight excluding hydrogens is 395 g/mol. The Balaban J connectivity index is 1.87. The molecule has 2 rings (SSSR count). The molecule has 0 fully saturated rings. The number of rotatable bonds is 7. The zero-order valence-corrected chi connectivity index (χ0v) is 15.0. The van der Waals surface area contributed by atoms with Crippen molar-refractivity contribution in [3.8, 4) is 5.75 Å². The van der Waals surface area contributed by atoms with Crippen LogP contribution in [0.25, 0.3) is 0 Å². The molecule has 0 spiro atoms. The molecule has 0 aliphatic heterocycles. The van der Waals surface area contributed by atoms with Crippen LogP contribution in [-0.2, 0) is 14.8 Å². The van der Waals surface area contributed by atoms with Crippen molar-refractivity contribution in [2.75, 3.05) is 11.9 Å². The predicted molar refractivity (Wildman–Crippen MR) is 88.4 cm³/mol. The van der Waals surface area contributed by atoms with E-state index in [0.717, 1.165) is 29.1 Å². The topological polar surface area (TPSA) is 97.4 Å². The quantitative estimate of drug-likeness (QED) is 0.733. The van der Waals surface area contributed by atoms with Gasteiger partial charge in [-0.25, -0.2) is 18.1 Å². The van der Waals surface area contributed by atoms with E-state index in [-0.39, 0.29) is 17.9 Å². The zero-order chi connectivity index (χ0) is 19.4. The Bertz CT molecular complexity index is 864. The fraction of sp³-hybridized carbons (Fsp3) is 0.286. The van der Waals surface area contributed by atoms with Gasteiger partial charge in [0.2, 0.25) is 15.9 Å². The summed E-state index contributed by atoms with van der Waals surface area (Å²) in [6.45, 7) is 1.64. The molecule has 0 unspecified atom stereocenters. The highest BCUT2D eigenvalue weighted by Gasteiger charge is 2.31. The highest BCUT2D eigenvalue weighted by atomic mass is 32.2. The average molecular weight is 409 g/mol. The molecule has 0 atom stereocenters. The lowest BCUT2D eigenvalue weighted by Crippen LogP contribution is -2.27. The van der Waals surface area contributed by atoms with Crippen molar-refractivity contribution in [1.29, 1.82) is 0 Å². The minimum atomic E-state index is -4.86. The van der Waals surface area contributed by atoms with E-state index in [2.05, 4.69) is 19.8 Å². The fourth-order valence-corrected chi connectivity index (χ4v) is 3.51. The number of amides is 1. The normalized spacial score (nSPS) is 12.0. The number of hydrogen-bond acceptors (Lipinski definition) is 6. The SMILES string of the molecule is Cc1cnc(NC(=O)CCNS(=O)(=O)c2ccc(OC(F)(F)F)cc2)s1. The first-order valence-electron chi connectivity index (χ1n) is 7.13. The third kappa shape index (κ3) is 6.28. The van der Waals surface area contributed by atoms with Gasteiger partial charge in [0.25, 0.3) is 0 Å². The maximum Gasteiger partial charge on any atom is 0.573 e. The first-order valence-corrected chi connectivity index (χ1v) is 9.43.